The minimum absolute atomic E-state index is 0.125. The van der Waals surface area contributed by atoms with Crippen molar-refractivity contribution in [3.05, 3.63) is 20.7 Å². The number of imidazole rings is 1. The van der Waals surface area contributed by atoms with Crippen LogP contribution in [0, 0.1) is 0 Å². The number of hydrogen-bond donors (Lipinski definition) is 0. The highest BCUT2D eigenvalue weighted by atomic mass is 16.6. The second-order valence-corrected chi connectivity index (χ2v) is 1.39. The third-order valence-corrected chi connectivity index (χ3v) is 0.879. The minimum atomic E-state index is -0.744. The summed E-state index contributed by atoms with van der Waals surface area (Å²) in [7, 11) is 0. The molecule has 0 bridgehead atoms. The van der Waals surface area contributed by atoms with E-state index >= 15 is 0 Å². The van der Waals surface area contributed by atoms with Gasteiger partial charge in [-0.15, -0.1) is 4.98 Å². The number of rotatable bonds is 0. The number of hydrogen-bond acceptors (Lipinski definition) is 4. The van der Waals surface area contributed by atoms with Gasteiger partial charge in [0.1, 0.15) is 0 Å². The predicted molar refractivity (Wildman–Crippen MR) is 21.9 cm³/mol. The normalized spacial score (nSPS) is 11.5. The van der Waals surface area contributed by atoms with E-state index in [-0.39, 0.29) is 6.01 Å². The highest BCUT2D eigenvalue weighted by Gasteiger charge is 2.24. The fourth-order valence-corrected chi connectivity index (χ4v) is 0.477. The lowest BCUT2D eigenvalue weighted by atomic mass is 10.9. The van der Waals surface area contributed by atoms with E-state index in [4.69, 9.17) is 0 Å². The fraction of sp³-hybridized carbons (Fsp3) is 0. The van der Waals surface area contributed by atoms with E-state index in [1.807, 2.05) is 0 Å². The first-order valence-electron chi connectivity index (χ1n) is 1.94. The van der Waals surface area contributed by atoms with Gasteiger partial charge in [0.15, 0.2) is 0 Å². The third-order valence-electron chi connectivity index (χ3n) is 0.879. The van der Waals surface area contributed by atoms with Gasteiger partial charge in [-0.1, -0.05) is 4.74 Å². The van der Waals surface area contributed by atoms with Gasteiger partial charge in [-0.25, -0.2) is 0 Å². The molecular weight excluding hydrogens is 112 g/mol. The summed E-state index contributed by atoms with van der Waals surface area (Å²) in [5, 5.41) is 0. The van der Waals surface area contributed by atoms with Crippen LogP contribution in [0.25, 0.3) is 6.01 Å². The Kier molecular flexibility index (Phi) is 0.337. The summed E-state index contributed by atoms with van der Waals surface area (Å²) in [6.45, 7) is 0. The Morgan fingerprint density at radius 1 is 1.50 bits per heavy atom. The van der Waals surface area contributed by atoms with Crippen LogP contribution in [-0.2, 0) is 0 Å². The summed E-state index contributed by atoms with van der Waals surface area (Å²) < 4.78 is 5.20. The zero-order valence-corrected chi connectivity index (χ0v) is 3.62. The van der Waals surface area contributed by atoms with Crippen LogP contribution >= 0.6 is 0 Å². The summed E-state index contributed by atoms with van der Waals surface area (Å²) in [5.41, 5.74) is -1.44. The van der Waals surface area contributed by atoms with Crippen molar-refractivity contribution in [3.8, 4) is 6.01 Å². The van der Waals surface area contributed by atoms with Crippen LogP contribution in [0.1, 0.15) is 0 Å². The van der Waals surface area contributed by atoms with Crippen LogP contribution in [0.3, 0.4) is 0 Å². The molecule has 2 aliphatic rings. The third kappa shape index (κ3) is 0.218. The maximum atomic E-state index is 10.3. The zero-order valence-electron chi connectivity index (χ0n) is 3.62. The van der Waals surface area contributed by atoms with Crippen LogP contribution in [0.5, 0.6) is 0 Å². The Balaban J connectivity index is 3.13. The maximum Gasteiger partial charge on any atom is 0.365 e. The number of nitrogens with zero attached hydrogens (tertiary/aromatic N) is 2. The Morgan fingerprint density at radius 3 is 2.50 bits per heavy atom. The lowest BCUT2D eigenvalue weighted by Gasteiger charge is -1.51. The van der Waals surface area contributed by atoms with Gasteiger partial charge in [0.05, 0.1) is 0 Å². The zero-order chi connectivity index (χ0) is 5.72. The Morgan fingerprint density at radius 2 is 2.25 bits per heavy atom. The van der Waals surface area contributed by atoms with Crippen LogP contribution in [-0.4, -0.2) is 9.72 Å². The van der Waals surface area contributed by atoms with Gasteiger partial charge in [-0.2, -0.15) is 0 Å². The SMILES string of the molecule is O=c1nc2on-2c1=O. The Labute approximate surface area is 42.2 Å². The predicted octanol–water partition coefficient (Wildman–Crippen LogP) is -1.50. The molecule has 0 aromatic rings. The first kappa shape index (κ1) is 3.59. The lowest BCUT2D eigenvalue weighted by molar-refractivity contribution is 0.551. The van der Waals surface area contributed by atoms with Crippen molar-refractivity contribution in [2.75, 3.05) is 0 Å². The van der Waals surface area contributed by atoms with Gasteiger partial charge in [0.25, 0.3) is 0 Å². The average molecular weight is 112 g/mol. The van der Waals surface area contributed by atoms with Crippen LogP contribution in [0.2, 0.25) is 0 Å². The van der Waals surface area contributed by atoms with E-state index < -0.39 is 11.1 Å². The van der Waals surface area contributed by atoms with Gasteiger partial charge >= 0.3 is 17.1 Å². The fourth-order valence-electron chi connectivity index (χ4n) is 0.477. The molecule has 2 heterocycles. The molecule has 8 heavy (non-hydrogen) atoms. The molecule has 0 amide bonds. The molecule has 0 saturated heterocycles. The topological polar surface area (TPSA) is 65.1 Å². The molecule has 2 aliphatic heterocycles. The first-order chi connectivity index (χ1) is 3.79. The number of fused-ring (bicyclic) bond motifs is 1. The summed E-state index contributed by atoms with van der Waals surface area (Å²) in [6, 6.07) is 0.125. The molecule has 0 N–H and O–H groups in total. The molecule has 0 atom stereocenters. The summed E-state index contributed by atoms with van der Waals surface area (Å²) in [5.74, 6) is 0. The maximum absolute atomic E-state index is 10.3. The molecule has 0 aromatic carbocycles. The molecule has 2 rings (SSSR count). The van der Waals surface area contributed by atoms with Crippen molar-refractivity contribution < 1.29 is 4.52 Å². The van der Waals surface area contributed by atoms with Crippen molar-refractivity contribution in [1.82, 2.24) is 9.72 Å². The summed E-state index contributed by atoms with van der Waals surface area (Å²) in [4.78, 5) is 23.6. The highest BCUT2D eigenvalue weighted by Crippen LogP contribution is 2.05. The molecule has 0 aliphatic carbocycles. The van der Waals surface area contributed by atoms with E-state index in [9.17, 15) is 9.59 Å². The quantitative estimate of drug-likeness (QED) is 0.389. The molecule has 0 spiro atoms. The van der Waals surface area contributed by atoms with E-state index in [2.05, 4.69) is 9.51 Å². The minimum Gasteiger partial charge on any atom is -0.323 e. The second-order valence-electron chi connectivity index (χ2n) is 1.39. The molecular formula is C3N2O3. The molecule has 5 nitrogen and oxygen atoms in total. The van der Waals surface area contributed by atoms with E-state index in [0.29, 0.717) is 0 Å². The van der Waals surface area contributed by atoms with Gasteiger partial charge in [-0.3, -0.25) is 9.59 Å². The smallest absolute Gasteiger partial charge is 0.323 e. The largest absolute Gasteiger partial charge is 0.365 e. The molecule has 0 saturated carbocycles. The summed E-state index contributed by atoms with van der Waals surface area (Å²) >= 11 is 0. The Hall–Kier alpha value is -1.39. The highest BCUT2D eigenvalue weighted by molar-refractivity contribution is 5.08. The van der Waals surface area contributed by atoms with Gasteiger partial charge in [0, 0.05) is 0 Å². The standard InChI is InChI=1S/C3N2O3/c6-1-2(7)5-3(4-1)8-5. The number of aromatic nitrogens is 2. The van der Waals surface area contributed by atoms with Gasteiger partial charge in [0.2, 0.25) is 0 Å². The molecule has 40 valence electrons. The second kappa shape index (κ2) is 0.750. The molecule has 0 aromatic heterocycles. The molecule has 5 heteroatoms. The molecule has 0 fully saturated rings. The van der Waals surface area contributed by atoms with Crippen LogP contribution in [0.4, 0.5) is 0 Å². The Bertz CT molecular complexity index is 346. The van der Waals surface area contributed by atoms with Crippen molar-refractivity contribution in [1.29, 1.82) is 0 Å². The van der Waals surface area contributed by atoms with Crippen molar-refractivity contribution in [2.24, 2.45) is 0 Å². The molecule has 0 radical (unpaired) electrons. The lowest BCUT2D eigenvalue weighted by Crippen LogP contribution is -2.22. The van der Waals surface area contributed by atoms with Gasteiger partial charge < -0.3 is 4.52 Å². The van der Waals surface area contributed by atoms with E-state index in [1.54, 1.807) is 0 Å². The van der Waals surface area contributed by atoms with Crippen molar-refractivity contribution in [3.63, 3.8) is 0 Å². The van der Waals surface area contributed by atoms with E-state index in [0.717, 1.165) is 4.74 Å². The van der Waals surface area contributed by atoms with Gasteiger partial charge in [-0.05, 0) is 0 Å². The van der Waals surface area contributed by atoms with Crippen LogP contribution in [0.15, 0.2) is 14.1 Å². The first-order valence-corrected chi connectivity index (χ1v) is 1.94. The average Bonchev–Trinajstić information content (AvgIpc) is 2.39. The summed E-state index contributed by atoms with van der Waals surface area (Å²) in [6.07, 6.45) is 0. The van der Waals surface area contributed by atoms with E-state index in [1.165, 1.54) is 0 Å². The van der Waals surface area contributed by atoms with Crippen LogP contribution < -0.4 is 11.1 Å². The van der Waals surface area contributed by atoms with Crippen molar-refractivity contribution >= 4 is 0 Å². The van der Waals surface area contributed by atoms with Crippen molar-refractivity contribution in [2.45, 2.75) is 0 Å². The monoisotopic (exact) mass is 112 g/mol. The molecule has 0 unspecified atom stereocenters.